The van der Waals surface area contributed by atoms with Crippen LogP contribution in [0, 0.1) is 0 Å². The first kappa shape index (κ1) is 16.8. The summed E-state index contributed by atoms with van der Waals surface area (Å²) in [6.45, 7) is 4.79. The van der Waals surface area contributed by atoms with Gasteiger partial charge in [0, 0.05) is 24.8 Å². The van der Waals surface area contributed by atoms with Gasteiger partial charge in [-0.3, -0.25) is 0 Å². The quantitative estimate of drug-likeness (QED) is 0.847. The molecule has 1 N–H and O–H groups in total. The minimum atomic E-state index is 0.331. The number of benzene rings is 2. The lowest BCUT2D eigenvalue weighted by molar-refractivity contribution is 0.132. The number of methoxy groups -OCH3 is 1. The van der Waals surface area contributed by atoms with Gasteiger partial charge in [-0.25, -0.2) is 0 Å². The fourth-order valence-corrected chi connectivity index (χ4v) is 2.99. The Hall–Kier alpha value is -2.04. The molecule has 0 radical (unpaired) electrons. The molecule has 2 aromatic rings. The van der Waals surface area contributed by atoms with E-state index in [1.54, 1.807) is 7.11 Å². The molecule has 1 heterocycles. The Balaban J connectivity index is 1.60. The second kappa shape index (κ2) is 8.18. The number of nitrogens with one attached hydrogen (secondary N) is 1. The van der Waals surface area contributed by atoms with E-state index in [2.05, 4.69) is 29.6 Å². The standard InChI is InChI=1S/C20H25NO3/c1-3-23-13-17-10-15(8-9-19(17)22-2)12-21-18-11-16-6-4-5-7-20(16)24-14-18/h4-10,18,21H,3,11-14H2,1-2H3/t18-/m0/s1. The highest BCUT2D eigenvalue weighted by molar-refractivity contribution is 5.37. The van der Waals surface area contributed by atoms with Crippen LogP contribution in [-0.4, -0.2) is 26.4 Å². The largest absolute Gasteiger partial charge is 0.496 e. The molecule has 0 fully saturated rings. The molecule has 2 aromatic carbocycles. The normalized spacial score (nSPS) is 16.3. The number of ether oxygens (including phenoxy) is 3. The summed E-state index contributed by atoms with van der Waals surface area (Å²) < 4.78 is 16.8. The van der Waals surface area contributed by atoms with Crippen LogP contribution in [0.15, 0.2) is 42.5 Å². The predicted molar refractivity (Wildman–Crippen MR) is 94.6 cm³/mol. The lowest BCUT2D eigenvalue weighted by atomic mass is 10.0. The lowest BCUT2D eigenvalue weighted by Gasteiger charge is -2.26. The van der Waals surface area contributed by atoms with Gasteiger partial charge in [0.2, 0.25) is 0 Å². The first-order valence-electron chi connectivity index (χ1n) is 8.47. The maximum atomic E-state index is 5.84. The van der Waals surface area contributed by atoms with Crippen LogP contribution in [0.25, 0.3) is 0 Å². The van der Waals surface area contributed by atoms with Crippen molar-refractivity contribution in [1.29, 1.82) is 0 Å². The number of fused-ring (bicyclic) bond motifs is 1. The molecule has 0 unspecified atom stereocenters. The number of rotatable bonds is 7. The highest BCUT2D eigenvalue weighted by Gasteiger charge is 2.18. The number of hydrogen-bond acceptors (Lipinski definition) is 4. The van der Waals surface area contributed by atoms with Gasteiger partial charge in [-0.05, 0) is 42.7 Å². The predicted octanol–water partition coefficient (Wildman–Crippen LogP) is 3.33. The molecule has 0 saturated heterocycles. The summed E-state index contributed by atoms with van der Waals surface area (Å²) in [6, 6.07) is 14.8. The Morgan fingerprint density at radius 2 is 2.08 bits per heavy atom. The molecular weight excluding hydrogens is 302 g/mol. The highest BCUT2D eigenvalue weighted by Crippen LogP contribution is 2.24. The molecule has 0 amide bonds. The summed E-state index contributed by atoms with van der Waals surface area (Å²) in [5.74, 6) is 1.89. The van der Waals surface area contributed by atoms with Crippen LogP contribution in [0.1, 0.15) is 23.6 Å². The molecule has 0 aliphatic carbocycles. The maximum Gasteiger partial charge on any atom is 0.124 e. The molecule has 24 heavy (non-hydrogen) atoms. The average molecular weight is 327 g/mol. The summed E-state index contributed by atoms with van der Waals surface area (Å²) >= 11 is 0. The molecule has 1 aliphatic rings. The SMILES string of the molecule is CCOCc1cc(CN[C@@H]2COc3ccccc3C2)ccc1OC. The van der Waals surface area contributed by atoms with Crippen molar-refractivity contribution in [2.75, 3.05) is 20.3 Å². The monoisotopic (exact) mass is 327 g/mol. The van der Waals surface area contributed by atoms with Crippen LogP contribution in [-0.2, 0) is 24.3 Å². The van der Waals surface area contributed by atoms with E-state index in [0.717, 1.165) is 30.0 Å². The van der Waals surface area contributed by atoms with Crippen LogP contribution in [0.3, 0.4) is 0 Å². The minimum absolute atomic E-state index is 0.331. The van der Waals surface area contributed by atoms with E-state index >= 15 is 0 Å². The molecule has 0 saturated carbocycles. The lowest BCUT2D eigenvalue weighted by Crippen LogP contribution is -2.38. The van der Waals surface area contributed by atoms with E-state index in [1.807, 2.05) is 25.1 Å². The summed E-state index contributed by atoms with van der Waals surface area (Å²) in [6.07, 6.45) is 0.998. The van der Waals surface area contributed by atoms with E-state index in [9.17, 15) is 0 Å². The van der Waals surface area contributed by atoms with Gasteiger partial charge < -0.3 is 19.5 Å². The van der Waals surface area contributed by atoms with Gasteiger partial charge in [-0.15, -0.1) is 0 Å². The molecule has 128 valence electrons. The zero-order valence-corrected chi connectivity index (χ0v) is 14.4. The zero-order chi connectivity index (χ0) is 16.8. The van der Waals surface area contributed by atoms with Gasteiger partial charge in [0.05, 0.1) is 13.7 Å². The van der Waals surface area contributed by atoms with Crippen LogP contribution in [0.2, 0.25) is 0 Å². The Morgan fingerprint density at radius 3 is 2.92 bits per heavy atom. The van der Waals surface area contributed by atoms with E-state index in [4.69, 9.17) is 14.2 Å². The van der Waals surface area contributed by atoms with Gasteiger partial charge in [-0.1, -0.05) is 24.3 Å². The van der Waals surface area contributed by atoms with E-state index in [0.29, 0.717) is 25.9 Å². The van der Waals surface area contributed by atoms with Crippen molar-refractivity contribution in [1.82, 2.24) is 5.32 Å². The van der Waals surface area contributed by atoms with E-state index in [-0.39, 0.29) is 0 Å². The van der Waals surface area contributed by atoms with Gasteiger partial charge in [0.1, 0.15) is 18.1 Å². The van der Waals surface area contributed by atoms with E-state index in [1.165, 1.54) is 11.1 Å². The topological polar surface area (TPSA) is 39.7 Å². The summed E-state index contributed by atoms with van der Waals surface area (Å²) in [5.41, 5.74) is 3.58. The van der Waals surface area contributed by atoms with Crippen molar-refractivity contribution < 1.29 is 14.2 Å². The Labute approximate surface area is 143 Å². The summed E-state index contributed by atoms with van der Waals surface area (Å²) in [5, 5.41) is 3.59. The number of hydrogen-bond donors (Lipinski definition) is 1. The average Bonchev–Trinajstić information content (AvgIpc) is 2.64. The third-order valence-electron chi connectivity index (χ3n) is 4.28. The van der Waals surface area contributed by atoms with Gasteiger partial charge >= 0.3 is 0 Å². The second-order valence-corrected chi connectivity index (χ2v) is 5.98. The van der Waals surface area contributed by atoms with Crippen molar-refractivity contribution in [3.05, 3.63) is 59.2 Å². The maximum absolute atomic E-state index is 5.84. The first-order valence-corrected chi connectivity index (χ1v) is 8.47. The third kappa shape index (κ3) is 4.08. The van der Waals surface area contributed by atoms with Crippen LogP contribution >= 0.6 is 0 Å². The van der Waals surface area contributed by atoms with Crippen molar-refractivity contribution in [3.8, 4) is 11.5 Å². The molecule has 1 atom stereocenters. The molecular formula is C20H25NO3. The Bertz CT molecular complexity index is 672. The summed E-state index contributed by atoms with van der Waals surface area (Å²) in [7, 11) is 1.69. The molecule has 3 rings (SSSR count). The Kier molecular flexibility index (Phi) is 5.72. The first-order chi connectivity index (χ1) is 11.8. The molecule has 4 heteroatoms. The molecule has 0 spiro atoms. The Morgan fingerprint density at radius 1 is 1.21 bits per heavy atom. The minimum Gasteiger partial charge on any atom is -0.496 e. The van der Waals surface area contributed by atoms with Crippen molar-refractivity contribution in [2.24, 2.45) is 0 Å². The number of para-hydroxylation sites is 1. The van der Waals surface area contributed by atoms with Crippen LogP contribution in [0.4, 0.5) is 0 Å². The second-order valence-electron chi connectivity index (χ2n) is 5.98. The van der Waals surface area contributed by atoms with Crippen LogP contribution < -0.4 is 14.8 Å². The zero-order valence-electron chi connectivity index (χ0n) is 14.4. The smallest absolute Gasteiger partial charge is 0.124 e. The van der Waals surface area contributed by atoms with E-state index < -0.39 is 0 Å². The van der Waals surface area contributed by atoms with Gasteiger partial charge in [0.15, 0.2) is 0 Å². The van der Waals surface area contributed by atoms with Crippen molar-refractivity contribution in [2.45, 2.75) is 32.5 Å². The fraction of sp³-hybridized carbons (Fsp3) is 0.400. The third-order valence-corrected chi connectivity index (χ3v) is 4.28. The van der Waals surface area contributed by atoms with Gasteiger partial charge in [0.25, 0.3) is 0 Å². The molecule has 0 aromatic heterocycles. The van der Waals surface area contributed by atoms with Crippen molar-refractivity contribution >= 4 is 0 Å². The highest BCUT2D eigenvalue weighted by atomic mass is 16.5. The molecule has 0 bridgehead atoms. The molecule has 4 nitrogen and oxygen atoms in total. The van der Waals surface area contributed by atoms with Gasteiger partial charge in [-0.2, -0.15) is 0 Å². The van der Waals surface area contributed by atoms with Crippen LogP contribution in [0.5, 0.6) is 11.5 Å². The van der Waals surface area contributed by atoms with Crippen molar-refractivity contribution in [3.63, 3.8) is 0 Å². The summed E-state index contributed by atoms with van der Waals surface area (Å²) in [4.78, 5) is 0. The fourth-order valence-electron chi connectivity index (χ4n) is 2.99. The molecule has 1 aliphatic heterocycles.